The second-order valence-corrected chi connectivity index (χ2v) is 5.02. The highest BCUT2D eigenvalue weighted by Gasteiger charge is 2.30. The van der Waals surface area contributed by atoms with Crippen LogP contribution in [0.4, 0.5) is 5.69 Å². The summed E-state index contributed by atoms with van der Waals surface area (Å²) in [7, 11) is 3.35. The molecule has 1 saturated carbocycles. The van der Waals surface area contributed by atoms with Gasteiger partial charge in [-0.2, -0.15) is 0 Å². The quantitative estimate of drug-likeness (QED) is 0.835. The van der Waals surface area contributed by atoms with Gasteiger partial charge in [0.25, 0.3) is 0 Å². The van der Waals surface area contributed by atoms with Crippen LogP contribution in [0.5, 0.6) is 11.5 Å². The Kier molecular flexibility index (Phi) is 4.00. The van der Waals surface area contributed by atoms with Gasteiger partial charge >= 0.3 is 0 Å². The first-order valence-corrected chi connectivity index (χ1v) is 6.68. The van der Waals surface area contributed by atoms with Crippen molar-refractivity contribution in [2.45, 2.75) is 39.2 Å². The molecule has 1 aromatic carbocycles. The van der Waals surface area contributed by atoms with Crippen LogP contribution < -0.4 is 14.8 Å². The molecule has 1 atom stereocenters. The van der Waals surface area contributed by atoms with E-state index in [9.17, 15) is 0 Å². The summed E-state index contributed by atoms with van der Waals surface area (Å²) in [5, 5.41) is 3.65. The van der Waals surface area contributed by atoms with Gasteiger partial charge in [-0.05, 0) is 43.7 Å². The molecule has 1 aliphatic carbocycles. The van der Waals surface area contributed by atoms with E-state index >= 15 is 0 Å². The monoisotopic (exact) mass is 249 g/mol. The number of hydrogen-bond acceptors (Lipinski definition) is 3. The van der Waals surface area contributed by atoms with Crippen molar-refractivity contribution in [3.8, 4) is 11.5 Å². The summed E-state index contributed by atoms with van der Waals surface area (Å²) in [6, 6.07) is 4.65. The molecule has 0 spiro atoms. The zero-order valence-corrected chi connectivity index (χ0v) is 11.7. The third kappa shape index (κ3) is 2.71. The minimum atomic E-state index is 0.585. The average molecular weight is 249 g/mol. The first kappa shape index (κ1) is 13.1. The molecule has 1 N–H and O–H groups in total. The number of anilines is 1. The summed E-state index contributed by atoms with van der Waals surface area (Å²) >= 11 is 0. The molecule has 1 aromatic rings. The van der Waals surface area contributed by atoms with Crippen LogP contribution in [0, 0.1) is 12.8 Å². The van der Waals surface area contributed by atoms with Crippen LogP contribution in [0.3, 0.4) is 0 Å². The van der Waals surface area contributed by atoms with Gasteiger partial charge in [0, 0.05) is 17.8 Å². The van der Waals surface area contributed by atoms with Crippen molar-refractivity contribution < 1.29 is 9.47 Å². The van der Waals surface area contributed by atoms with E-state index in [4.69, 9.17) is 9.47 Å². The van der Waals surface area contributed by atoms with Gasteiger partial charge in [0.15, 0.2) is 11.5 Å². The fourth-order valence-electron chi connectivity index (χ4n) is 2.39. The van der Waals surface area contributed by atoms with Crippen molar-refractivity contribution in [1.29, 1.82) is 0 Å². The standard InChI is InChI=1S/C15H23NO2/c1-5-12(11-6-7-11)16-13-9-15(18-4)14(17-3)8-10(13)2/h8-9,11-12,16H,5-7H2,1-4H3. The van der Waals surface area contributed by atoms with Crippen LogP contribution in [-0.4, -0.2) is 20.3 Å². The molecule has 100 valence electrons. The Morgan fingerprint density at radius 3 is 2.33 bits per heavy atom. The van der Waals surface area contributed by atoms with Gasteiger partial charge in [-0.1, -0.05) is 6.92 Å². The van der Waals surface area contributed by atoms with Crippen LogP contribution in [0.2, 0.25) is 0 Å². The van der Waals surface area contributed by atoms with E-state index in [1.165, 1.54) is 24.8 Å². The normalized spacial score (nSPS) is 16.2. The van der Waals surface area contributed by atoms with Crippen LogP contribution in [0.15, 0.2) is 12.1 Å². The Bertz CT molecular complexity index is 413. The van der Waals surface area contributed by atoms with Crippen LogP contribution in [0.1, 0.15) is 31.7 Å². The van der Waals surface area contributed by atoms with Crippen LogP contribution in [-0.2, 0) is 0 Å². The van der Waals surface area contributed by atoms with E-state index in [1.807, 2.05) is 12.1 Å². The van der Waals surface area contributed by atoms with Crippen molar-refractivity contribution >= 4 is 5.69 Å². The molecular formula is C15H23NO2. The number of rotatable bonds is 6. The molecular weight excluding hydrogens is 226 g/mol. The Morgan fingerprint density at radius 1 is 1.22 bits per heavy atom. The molecule has 1 fully saturated rings. The highest BCUT2D eigenvalue weighted by atomic mass is 16.5. The van der Waals surface area contributed by atoms with Gasteiger partial charge in [-0.3, -0.25) is 0 Å². The van der Waals surface area contributed by atoms with Gasteiger partial charge in [0.1, 0.15) is 0 Å². The van der Waals surface area contributed by atoms with Gasteiger partial charge in [-0.25, -0.2) is 0 Å². The maximum absolute atomic E-state index is 5.36. The molecule has 0 radical (unpaired) electrons. The van der Waals surface area contributed by atoms with Crippen molar-refractivity contribution in [1.82, 2.24) is 0 Å². The summed E-state index contributed by atoms with van der Waals surface area (Å²) in [5.74, 6) is 2.43. The SMILES string of the molecule is CCC(Nc1cc(OC)c(OC)cc1C)C1CC1. The summed E-state index contributed by atoms with van der Waals surface area (Å²) in [5.41, 5.74) is 2.36. The molecule has 0 aliphatic heterocycles. The Morgan fingerprint density at radius 2 is 1.83 bits per heavy atom. The molecule has 0 bridgehead atoms. The molecule has 1 unspecified atom stereocenters. The van der Waals surface area contributed by atoms with Gasteiger partial charge < -0.3 is 14.8 Å². The molecule has 3 nitrogen and oxygen atoms in total. The largest absolute Gasteiger partial charge is 0.493 e. The van der Waals surface area contributed by atoms with Crippen molar-refractivity contribution in [3.05, 3.63) is 17.7 Å². The Hall–Kier alpha value is -1.38. The topological polar surface area (TPSA) is 30.5 Å². The molecule has 0 heterocycles. The summed E-state index contributed by atoms with van der Waals surface area (Å²) in [6.45, 7) is 4.34. The summed E-state index contributed by atoms with van der Waals surface area (Å²) in [4.78, 5) is 0. The third-order valence-electron chi connectivity index (χ3n) is 3.70. The van der Waals surface area contributed by atoms with Crippen molar-refractivity contribution in [3.63, 3.8) is 0 Å². The lowest BCUT2D eigenvalue weighted by Crippen LogP contribution is -2.21. The fraction of sp³-hybridized carbons (Fsp3) is 0.600. The molecule has 3 heteroatoms. The smallest absolute Gasteiger partial charge is 0.162 e. The Labute approximate surface area is 109 Å². The number of benzene rings is 1. The highest BCUT2D eigenvalue weighted by molar-refractivity contribution is 5.60. The number of ether oxygens (including phenoxy) is 2. The number of hydrogen-bond donors (Lipinski definition) is 1. The maximum atomic E-state index is 5.36. The van der Waals surface area contributed by atoms with Crippen molar-refractivity contribution in [2.75, 3.05) is 19.5 Å². The zero-order chi connectivity index (χ0) is 13.1. The summed E-state index contributed by atoms with van der Waals surface area (Å²) in [6.07, 6.45) is 3.88. The predicted molar refractivity (Wildman–Crippen MR) is 74.7 cm³/mol. The predicted octanol–water partition coefficient (Wildman–Crippen LogP) is 3.61. The molecule has 0 aromatic heterocycles. The average Bonchev–Trinajstić information content (AvgIpc) is 3.21. The minimum absolute atomic E-state index is 0.585. The lowest BCUT2D eigenvalue weighted by atomic mass is 10.1. The number of nitrogens with one attached hydrogen (secondary N) is 1. The number of methoxy groups -OCH3 is 2. The van der Waals surface area contributed by atoms with Gasteiger partial charge in [-0.15, -0.1) is 0 Å². The van der Waals surface area contributed by atoms with Gasteiger partial charge in [0.05, 0.1) is 14.2 Å². The lowest BCUT2D eigenvalue weighted by Gasteiger charge is -2.20. The molecule has 0 amide bonds. The van der Waals surface area contributed by atoms with Crippen LogP contribution in [0.25, 0.3) is 0 Å². The first-order valence-electron chi connectivity index (χ1n) is 6.68. The molecule has 18 heavy (non-hydrogen) atoms. The van der Waals surface area contributed by atoms with E-state index in [0.29, 0.717) is 6.04 Å². The second-order valence-electron chi connectivity index (χ2n) is 5.02. The highest BCUT2D eigenvalue weighted by Crippen LogP contribution is 2.38. The lowest BCUT2D eigenvalue weighted by molar-refractivity contribution is 0.355. The Balaban J connectivity index is 2.20. The zero-order valence-electron chi connectivity index (χ0n) is 11.7. The van der Waals surface area contributed by atoms with Crippen LogP contribution >= 0.6 is 0 Å². The van der Waals surface area contributed by atoms with E-state index in [0.717, 1.165) is 23.1 Å². The van der Waals surface area contributed by atoms with Crippen molar-refractivity contribution in [2.24, 2.45) is 5.92 Å². The van der Waals surface area contributed by atoms with E-state index < -0.39 is 0 Å². The van der Waals surface area contributed by atoms with E-state index in [-0.39, 0.29) is 0 Å². The third-order valence-corrected chi connectivity index (χ3v) is 3.70. The first-order chi connectivity index (χ1) is 8.69. The fourth-order valence-corrected chi connectivity index (χ4v) is 2.39. The molecule has 1 aliphatic rings. The molecule has 2 rings (SSSR count). The maximum Gasteiger partial charge on any atom is 0.162 e. The second kappa shape index (κ2) is 5.51. The van der Waals surface area contributed by atoms with Gasteiger partial charge in [0.2, 0.25) is 0 Å². The molecule has 0 saturated heterocycles. The van der Waals surface area contributed by atoms with E-state index in [1.54, 1.807) is 14.2 Å². The summed E-state index contributed by atoms with van der Waals surface area (Å²) < 4.78 is 10.7. The number of aryl methyl sites for hydroxylation is 1. The van der Waals surface area contributed by atoms with E-state index in [2.05, 4.69) is 19.2 Å². The minimum Gasteiger partial charge on any atom is -0.493 e.